The lowest BCUT2D eigenvalue weighted by Gasteiger charge is -2.40. The van der Waals surface area contributed by atoms with E-state index in [2.05, 4.69) is 26.1 Å². The monoisotopic (exact) mass is 251 g/mol. The van der Waals surface area contributed by atoms with Crippen molar-refractivity contribution in [1.82, 2.24) is 5.32 Å². The molecule has 18 heavy (non-hydrogen) atoms. The molecule has 1 nitrogen and oxygen atoms in total. The maximum Gasteiger partial charge on any atom is 0.00979 e. The fourth-order valence-corrected chi connectivity index (χ4v) is 4.17. The van der Waals surface area contributed by atoms with Gasteiger partial charge in [-0.2, -0.15) is 0 Å². The van der Waals surface area contributed by atoms with Crippen molar-refractivity contribution in [2.75, 3.05) is 6.54 Å². The van der Waals surface area contributed by atoms with Crippen LogP contribution in [0.25, 0.3) is 0 Å². The number of hydrogen-bond donors (Lipinski definition) is 1. The molecule has 0 aliphatic heterocycles. The van der Waals surface area contributed by atoms with Gasteiger partial charge in [0.25, 0.3) is 0 Å². The zero-order valence-electron chi connectivity index (χ0n) is 12.8. The molecule has 2 rings (SSSR count). The van der Waals surface area contributed by atoms with E-state index in [1.807, 2.05) is 0 Å². The highest BCUT2D eigenvalue weighted by atomic mass is 14.9. The van der Waals surface area contributed by atoms with E-state index in [0.29, 0.717) is 5.41 Å². The van der Waals surface area contributed by atoms with Crippen molar-refractivity contribution in [2.24, 2.45) is 17.3 Å². The van der Waals surface area contributed by atoms with Crippen LogP contribution in [-0.2, 0) is 0 Å². The molecule has 0 spiro atoms. The summed E-state index contributed by atoms with van der Waals surface area (Å²) in [6.07, 6.45) is 13.0. The van der Waals surface area contributed by atoms with Gasteiger partial charge >= 0.3 is 0 Å². The molecule has 106 valence electrons. The summed E-state index contributed by atoms with van der Waals surface area (Å²) in [5, 5.41) is 3.96. The molecule has 0 aromatic rings. The van der Waals surface area contributed by atoms with Gasteiger partial charge in [-0.25, -0.2) is 0 Å². The lowest BCUT2D eigenvalue weighted by Crippen LogP contribution is -2.45. The Hall–Kier alpha value is -0.0400. The summed E-state index contributed by atoms with van der Waals surface area (Å²) < 4.78 is 0. The third-order valence-electron chi connectivity index (χ3n) is 5.53. The van der Waals surface area contributed by atoms with Crippen LogP contribution in [0, 0.1) is 17.3 Å². The number of nitrogens with one attached hydrogen (secondary N) is 1. The standard InChI is InChI=1S/C17H33N/c1-14(2)15-9-5-6-10-16(15)18-13-17(3)11-7-4-8-12-17/h14-16,18H,4-13H2,1-3H3. The van der Waals surface area contributed by atoms with Gasteiger partial charge in [-0.15, -0.1) is 0 Å². The first kappa shape index (κ1) is 14.4. The lowest BCUT2D eigenvalue weighted by atomic mass is 9.74. The average molecular weight is 251 g/mol. The smallest absolute Gasteiger partial charge is 0.00979 e. The Kier molecular flexibility index (Phi) is 5.12. The third-order valence-corrected chi connectivity index (χ3v) is 5.53. The summed E-state index contributed by atoms with van der Waals surface area (Å²) >= 11 is 0. The van der Waals surface area contributed by atoms with Crippen LogP contribution in [0.2, 0.25) is 0 Å². The highest BCUT2D eigenvalue weighted by molar-refractivity contribution is 4.87. The normalized spacial score (nSPS) is 32.7. The van der Waals surface area contributed by atoms with Crippen molar-refractivity contribution in [3.8, 4) is 0 Å². The van der Waals surface area contributed by atoms with Crippen LogP contribution in [0.15, 0.2) is 0 Å². The summed E-state index contributed by atoms with van der Waals surface area (Å²) in [6.45, 7) is 8.59. The zero-order valence-corrected chi connectivity index (χ0v) is 12.8. The second-order valence-electron chi connectivity index (χ2n) is 7.55. The second kappa shape index (κ2) is 6.41. The molecule has 1 heteroatoms. The molecule has 0 heterocycles. The molecule has 2 fully saturated rings. The highest BCUT2D eigenvalue weighted by Crippen LogP contribution is 2.36. The van der Waals surface area contributed by atoms with E-state index in [1.165, 1.54) is 64.3 Å². The summed E-state index contributed by atoms with van der Waals surface area (Å²) in [7, 11) is 0. The summed E-state index contributed by atoms with van der Waals surface area (Å²) in [4.78, 5) is 0. The van der Waals surface area contributed by atoms with E-state index in [-0.39, 0.29) is 0 Å². The molecule has 2 saturated carbocycles. The van der Waals surface area contributed by atoms with E-state index in [0.717, 1.165) is 17.9 Å². The minimum absolute atomic E-state index is 0.594. The molecular weight excluding hydrogens is 218 g/mol. The summed E-state index contributed by atoms with van der Waals surface area (Å²) in [6, 6.07) is 0.803. The van der Waals surface area contributed by atoms with Crippen molar-refractivity contribution in [3.63, 3.8) is 0 Å². The first-order chi connectivity index (χ1) is 8.61. The van der Waals surface area contributed by atoms with Gasteiger partial charge in [0, 0.05) is 12.6 Å². The molecule has 1 N–H and O–H groups in total. The fourth-order valence-electron chi connectivity index (χ4n) is 4.17. The summed E-state index contributed by atoms with van der Waals surface area (Å²) in [5.74, 6) is 1.77. The molecule has 2 aliphatic carbocycles. The predicted octanol–water partition coefficient (Wildman–Crippen LogP) is 4.76. The van der Waals surface area contributed by atoms with Crippen molar-refractivity contribution in [1.29, 1.82) is 0 Å². The largest absolute Gasteiger partial charge is 0.313 e. The Labute approximate surface area is 114 Å². The van der Waals surface area contributed by atoms with Gasteiger partial charge < -0.3 is 5.32 Å². The molecule has 0 saturated heterocycles. The number of rotatable bonds is 4. The Balaban J connectivity index is 1.83. The Morgan fingerprint density at radius 3 is 2.33 bits per heavy atom. The summed E-state index contributed by atoms with van der Waals surface area (Å²) in [5.41, 5.74) is 0.594. The topological polar surface area (TPSA) is 12.0 Å². The number of hydrogen-bond acceptors (Lipinski definition) is 1. The predicted molar refractivity (Wildman–Crippen MR) is 79.8 cm³/mol. The molecule has 0 aromatic carbocycles. The van der Waals surface area contributed by atoms with Crippen molar-refractivity contribution < 1.29 is 0 Å². The van der Waals surface area contributed by atoms with E-state index in [4.69, 9.17) is 0 Å². The van der Waals surface area contributed by atoms with E-state index < -0.39 is 0 Å². The Morgan fingerprint density at radius 1 is 1.00 bits per heavy atom. The second-order valence-corrected chi connectivity index (χ2v) is 7.55. The van der Waals surface area contributed by atoms with E-state index >= 15 is 0 Å². The quantitative estimate of drug-likeness (QED) is 0.759. The van der Waals surface area contributed by atoms with E-state index in [9.17, 15) is 0 Å². The highest BCUT2D eigenvalue weighted by Gasteiger charge is 2.31. The van der Waals surface area contributed by atoms with E-state index in [1.54, 1.807) is 0 Å². The Bertz CT molecular complexity index is 240. The van der Waals surface area contributed by atoms with Crippen LogP contribution in [0.4, 0.5) is 0 Å². The maximum absolute atomic E-state index is 3.96. The van der Waals surface area contributed by atoms with Gasteiger partial charge in [-0.3, -0.25) is 0 Å². The van der Waals surface area contributed by atoms with Crippen molar-refractivity contribution in [3.05, 3.63) is 0 Å². The molecule has 0 amide bonds. The molecule has 0 aromatic heterocycles. The van der Waals surface area contributed by atoms with Gasteiger partial charge in [0.2, 0.25) is 0 Å². The fraction of sp³-hybridized carbons (Fsp3) is 1.00. The van der Waals surface area contributed by atoms with Crippen LogP contribution in [-0.4, -0.2) is 12.6 Å². The third kappa shape index (κ3) is 3.73. The van der Waals surface area contributed by atoms with Crippen LogP contribution in [0.5, 0.6) is 0 Å². The SMILES string of the molecule is CC(C)C1CCCCC1NCC1(C)CCCCC1. The van der Waals surface area contributed by atoms with Crippen LogP contribution in [0.1, 0.15) is 78.6 Å². The average Bonchev–Trinajstić information content (AvgIpc) is 2.38. The Morgan fingerprint density at radius 2 is 1.67 bits per heavy atom. The van der Waals surface area contributed by atoms with Gasteiger partial charge in [0.1, 0.15) is 0 Å². The minimum atomic E-state index is 0.594. The molecule has 2 atom stereocenters. The van der Waals surface area contributed by atoms with Crippen LogP contribution >= 0.6 is 0 Å². The first-order valence-corrected chi connectivity index (χ1v) is 8.34. The molecule has 0 bridgehead atoms. The van der Waals surface area contributed by atoms with Crippen molar-refractivity contribution in [2.45, 2.75) is 84.6 Å². The van der Waals surface area contributed by atoms with Gasteiger partial charge in [-0.1, -0.05) is 52.9 Å². The van der Waals surface area contributed by atoms with Crippen LogP contribution in [0.3, 0.4) is 0 Å². The maximum atomic E-state index is 3.96. The molecule has 2 aliphatic rings. The minimum Gasteiger partial charge on any atom is -0.313 e. The van der Waals surface area contributed by atoms with Crippen molar-refractivity contribution >= 4 is 0 Å². The lowest BCUT2D eigenvalue weighted by molar-refractivity contribution is 0.156. The van der Waals surface area contributed by atoms with Gasteiger partial charge in [0.15, 0.2) is 0 Å². The molecule has 2 unspecified atom stereocenters. The molecular formula is C17H33N. The van der Waals surface area contributed by atoms with Gasteiger partial charge in [0.05, 0.1) is 0 Å². The first-order valence-electron chi connectivity index (χ1n) is 8.34. The zero-order chi connectivity index (χ0) is 13.0. The molecule has 0 radical (unpaired) electrons. The van der Waals surface area contributed by atoms with Gasteiger partial charge in [-0.05, 0) is 42.9 Å². The van der Waals surface area contributed by atoms with Crippen LogP contribution < -0.4 is 5.32 Å².